The van der Waals surface area contributed by atoms with Gasteiger partial charge in [-0.2, -0.15) is 0 Å². The van der Waals surface area contributed by atoms with Crippen LogP contribution in [0.25, 0.3) is 0 Å². The van der Waals surface area contributed by atoms with E-state index in [2.05, 4.69) is 4.74 Å². The van der Waals surface area contributed by atoms with E-state index >= 15 is 0 Å². The van der Waals surface area contributed by atoms with Crippen molar-refractivity contribution >= 4 is 94.6 Å². The number of carbonyl (C=O) groups excluding carboxylic acids is 1. The fourth-order valence-corrected chi connectivity index (χ4v) is 0.240. The van der Waals surface area contributed by atoms with E-state index in [0.29, 0.717) is 13.1 Å². The molecule has 0 fully saturated rings. The van der Waals surface area contributed by atoms with Gasteiger partial charge in [-0.3, -0.25) is 4.79 Å². The van der Waals surface area contributed by atoms with Crippen LogP contribution in [0.15, 0.2) is 0 Å². The molecule has 0 aromatic heterocycles. The van der Waals surface area contributed by atoms with E-state index in [1.54, 1.807) is 0 Å². The van der Waals surface area contributed by atoms with Crippen LogP contribution in [0.1, 0.15) is 13.8 Å². The first-order chi connectivity index (χ1) is 5.04. The van der Waals surface area contributed by atoms with Crippen LogP contribution in [0.3, 0.4) is 0 Å². The predicted octanol–water partition coefficient (Wildman–Crippen LogP) is -3.15. The van der Waals surface area contributed by atoms with E-state index in [9.17, 15) is 4.79 Å². The average molecular weight is 236 g/mol. The second-order valence-electron chi connectivity index (χ2n) is 1.79. The molecule has 0 spiro atoms. The van der Waals surface area contributed by atoms with Gasteiger partial charge in [0.2, 0.25) is 0 Å². The second kappa shape index (κ2) is 24.5. The Hall–Kier alpha value is 2.35. The molecule has 0 aromatic carbocycles. The van der Waals surface area contributed by atoms with Gasteiger partial charge in [-0.1, -0.05) is 0 Å². The summed E-state index contributed by atoms with van der Waals surface area (Å²) in [7, 11) is 0. The first-order valence-corrected chi connectivity index (χ1v) is 3.30. The fourth-order valence-electron chi connectivity index (χ4n) is 0.240. The molecule has 0 saturated carbocycles. The number of ether oxygens (including phenoxy) is 1. The molecule has 1 unspecified atom stereocenters. The molecule has 0 aliphatic carbocycles. The molecular weight excluding hydrogens is 217 g/mol. The Morgan fingerprint density at radius 3 is 1.57 bits per heavy atom. The van der Waals surface area contributed by atoms with Crippen LogP contribution in [0.2, 0.25) is 0 Å². The summed E-state index contributed by atoms with van der Waals surface area (Å²) >= 11 is 0. The SMILES string of the molecule is CC(=O)OC(C)O.NCCN.[NaH].[NaH].[NaH]. The summed E-state index contributed by atoms with van der Waals surface area (Å²) in [6.07, 6.45) is -0.975. The van der Waals surface area contributed by atoms with Crippen molar-refractivity contribution in [1.82, 2.24) is 0 Å². The number of hydrogen-bond donors (Lipinski definition) is 3. The van der Waals surface area contributed by atoms with Gasteiger partial charge in [0.1, 0.15) is 0 Å². The molecule has 0 aliphatic heterocycles. The van der Waals surface area contributed by atoms with Crippen LogP contribution < -0.4 is 11.5 Å². The molecule has 0 bridgehead atoms. The summed E-state index contributed by atoms with van der Waals surface area (Å²) in [5, 5.41) is 8.28. The van der Waals surface area contributed by atoms with Gasteiger partial charge in [-0.25, -0.2) is 0 Å². The van der Waals surface area contributed by atoms with Crippen molar-refractivity contribution in [2.45, 2.75) is 20.1 Å². The first kappa shape index (κ1) is 29.9. The molecule has 0 aliphatic rings. The van der Waals surface area contributed by atoms with Crippen molar-refractivity contribution in [3.8, 4) is 0 Å². The van der Waals surface area contributed by atoms with E-state index in [-0.39, 0.29) is 88.7 Å². The summed E-state index contributed by atoms with van der Waals surface area (Å²) in [5.74, 6) is -0.463. The van der Waals surface area contributed by atoms with E-state index < -0.39 is 12.3 Å². The molecule has 14 heavy (non-hydrogen) atoms. The zero-order chi connectivity index (χ0) is 9.28. The molecule has 5 nitrogen and oxygen atoms in total. The Morgan fingerprint density at radius 1 is 1.29 bits per heavy atom. The number of esters is 1. The second-order valence-corrected chi connectivity index (χ2v) is 1.79. The molecular formula is C6H19N2Na3O3. The number of rotatable bonds is 2. The van der Waals surface area contributed by atoms with Gasteiger partial charge >= 0.3 is 94.6 Å². The summed E-state index contributed by atoms with van der Waals surface area (Å²) in [6, 6.07) is 0. The Kier molecular flexibility index (Phi) is 52.4. The number of hydrogen-bond acceptors (Lipinski definition) is 5. The Labute approximate surface area is 152 Å². The minimum absolute atomic E-state index is 0. The minimum atomic E-state index is -0.975. The van der Waals surface area contributed by atoms with Gasteiger partial charge in [0.15, 0.2) is 6.29 Å². The van der Waals surface area contributed by atoms with E-state index in [1.807, 2.05) is 0 Å². The molecule has 0 radical (unpaired) electrons. The zero-order valence-electron chi connectivity index (χ0n) is 6.91. The standard InChI is InChI=1S/C4H8O3.C2H8N2.3Na.3H/c1-3(5)7-4(2)6;3-1-2-4;;;;;;/h3,5H,1-2H3;1-4H2;;;;;;. The molecule has 0 amide bonds. The number of carbonyl (C=O) groups is 1. The van der Waals surface area contributed by atoms with Crippen LogP contribution in [-0.4, -0.2) is 119 Å². The molecule has 8 heteroatoms. The summed E-state index contributed by atoms with van der Waals surface area (Å²) in [4.78, 5) is 9.87. The fraction of sp³-hybridized carbons (Fsp3) is 0.833. The van der Waals surface area contributed by atoms with Crippen LogP contribution in [-0.2, 0) is 9.53 Å². The van der Waals surface area contributed by atoms with E-state index in [0.717, 1.165) is 0 Å². The van der Waals surface area contributed by atoms with Crippen LogP contribution in [0.4, 0.5) is 0 Å². The van der Waals surface area contributed by atoms with Gasteiger partial charge in [-0.05, 0) is 6.92 Å². The first-order valence-electron chi connectivity index (χ1n) is 3.30. The van der Waals surface area contributed by atoms with Crippen LogP contribution in [0.5, 0.6) is 0 Å². The van der Waals surface area contributed by atoms with Gasteiger partial charge in [-0.15, -0.1) is 0 Å². The van der Waals surface area contributed by atoms with Crippen molar-refractivity contribution in [2.75, 3.05) is 13.1 Å². The maximum atomic E-state index is 9.87. The Morgan fingerprint density at radius 2 is 1.57 bits per heavy atom. The normalized spacial score (nSPS) is 8.64. The van der Waals surface area contributed by atoms with Crippen LogP contribution >= 0.6 is 0 Å². The molecule has 0 rings (SSSR count). The van der Waals surface area contributed by atoms with Gasteiger partial charge < -0.3 is 21.3 Å². The zero-order valence-corrected chi connectivity index (χ0v) is 6.91. The Balaban J connectivity index is -0.0000000347. The molecule has 1 atom stereocenters. The molecule has 74 valence electrons. The topological polar surface area (TPSA) is 98.6 Å². The van der Waals surface area contributed by atoms with Gasteiger partial charge in [0, 0.05) is 20.0 Å². The summed E-state index contributed by atoms with van der Waals surface area (Å²) in [6.45, 7) is 3.81. The third-order valence-electron chi connectivity index (χ3n) is 0.503. The third kappa shape index (κ3) is 47.3. The van der Waals surface area contributed by atoms with Crippen molar-refractivity contribution in [3.05, 3.63) is 0 Å². The average Bonchev–Trinajstić information content (AvgIpc) is 1.85. The maximum absolute atomic E-state index is 9.87. The molecule has 0 aromatic rings. The number of aliphatic hydroxyl groups excluding tert-OH is 1. The monoisotopic (exact) mass is 236 g/mol. The summed E-state index contributed by atoms with van der Waals surface area (Å²) < 4.78 is 4.17. The quantitative estimate of drug-likeness (QED) is 0.267. The van der Waals surface area contributed by atoms with Crippen molar-refractivity contribution in [1.29, 1.82) is 0 Å². The van der Waals surface area contributed by atoms with Crippen molar-refractivity contribution < 1.29 is 14.6 Å². The number of aliphatic hydroxyl groups is 1. The van der Waals surface area contributed by atoms with Gasteiger partial charge in [0.25, 0.3) is 0 Å². The Bertz CT molecular complexity index is 104. The molecule has 0 saturated heterocycles. The van der Waals surface area contributed by atoms with E-state index in [1.165, 1.54) is 13.8 Å². The van der Waals surface area contributed by atoms with Crippen molar-refractivity contribution in [2.24, 2.45) is 11.5 Å². The molecule has 0 heterocycles. The van der Waals surface area contributed by atoms with Crippen molar-refractivity contribution in [3.63, 3.8) is 0 Å². The van der Waals surface area contributed by atoms with Gasteiger partial charge in [0.05, 0.1) is 0 Å². The molecule has 5 N–H and O–H groups in total. The predicted molar refractivity (Wildman–Crippen MR) is 63.0 cm³/mol. The van der Waals surface area contributed by atoms with Crippen LogP contribution in [0, 0.1) is 0 Å². The number of nitrogens with two attached hydrogens (primary N) is 2. The third-order valence-corrected chi connectivity index (χ3v) is 0.503. The summed E-state index contributed by atoms with van der Waals surface area (Å²) in [5.41, 5.74) is 9.81. The van der Waals surface area contributed by atoms with E-state index in [4.69, 9.17) is 16.6 Å².